The lowest BCUT2D eigenvalue weighted by Gasteiger charge is -2.22. The van der Waals surface area contributed by atoms with Crippen molar-refractivity contribution in [2.75, 3.05) is 13.2 Å². The number of ether oxygens (including phenoxy) is 1. The summed E-state index contributed by atoms with van der Waals surface area (Å²) in [4.78, 5) is 24.4. The van der Waals surface area contributed by atoms with E-state index in [1.165, 1.54) is 231 Å². The summed E-state index contributed by atoms with van der Waals surface area (Å²) in [6.45, 7) is 4.90. The average molecular weight is 903 g/mol. The number of aliphatic hydroxyl groups is 2. The summed E-state index contributed by atoms with van der Waals surface area (Å²) >= 11 is 0. The predicted octanol–water partition coefficient (Wildman–Crippen LogP) is 17.5. The molecule has 0 aromatic rings. The van der Waals surface area contributed by atoms with E-state index in [1.807, 2.05) is 0 Å². The molecule has 6 heteroatoms. The van der Waals surface area contributed by atoms with Gasteiger partial charge in [0.25, 0.3) is 0 Å². The van der Waals surface area contributed by atoms with Crippen molar-refractivity contribution < 1.29 is 24.5 Å². The number of carbonyl (C=O) groups excluding carboxylic acids is 2. The third kappa shape index (κ3) is 49.8. The van der Waals surface area contributed by atoms with Crippen LogP contribution in [0.15, 0.2) is 24.3 Å². The van der Waals surface area contributed by atoms with Crippen LogP contribution in [-0.2, 0) is 14.3 Å². The number of allylic oxidation sites excluding steroid dienone is 4. The second-order valence-corrected chi connectivity index (χ2v) is 19.6. The average Bonchev–Trinajstić information content (AvgIpc) is 3.29. The molecule has 0 saturated carbocycles. The normalized spacial score (nSPS) is 12.8. The van der Waals surface area contributed by atoms with Gasteiger partial charge in [-0.3, -0.25) is 9.59 Å². The minimum Gasteiger partial charge on any atom is -0.466 e. The largest absolute Gasteiger partial charge is 0.466 e. The number of aliphatic hydroxyl groups excluding tert-OH is 2. The summed E-state index contributed by atoms with van der Waals surface area (Å²) in [6, 6.07) is -0.539. The summed E-state index contributed by atoms with van der Waals surface area (Å²) in [5, 5.41) is 23.1. The van der Waals surface area contributed by atoms with Gasteiger partial charge in [-0.2, -0.15) is 0 Å². The molecule has 0 radical (unpaired) electrons. The molecule has 64 heavy (non-hydrogen) atoms. The van der Waals surface area contributed by atoms with Crippen molar-refractivity contribution in [3.8, 4) is 0 Å². The monoisotopic (exact) mass is 902 g/mol. The van der Waals surface area contributed by atoms with Crippen molar-refractivity contribution in [2.45, 2.75) is 321 Å². The fourth-order valence-electron chi connectivity index (χ4n) is 8.79. The van der Waals surface area contributed by atoms with E-state index >= 15 is 0 Å². The highest BCUT2D eigenvalue weighted by atomic mass is 16.5. The summed E-state index contributed by atoms with van der Waals surface area (Å²) in [5.74, 6) is -0.0341. The summed E-state index contributed by atoms with van der Waals surface area (Å²) in [7, 11) is 0. The smallest absolute Gasteiger partial charge is 0.305 e. The van der Waals surface area contributed by atoms with Crippen molar-refractivity contribution in [2.24, 2.45) is 0 Å². The highest BCUT2D eigenvalue weighted by Gasteiger charge is 2.20. The molecule has 0 aliphatic heterocycles. The highest BCUT2D eigenvalue weighted by Crippen LogP contribution is 2.17. The number of unbranched alkanes of at least 4 members (excludes halogenated alkanes) is 38. The van der Waals surface area contributed by atoms with Crippen LogP contribution >= 0.6 is 0 Å². The van der Waals surface area contributed by atoms with E-state index in [-0.39, 0.29) is 18.5 Å². The zero-order valence-electron chi connectivity index (χ0n) is 43.0. The third-order valence-corrected chi connectivity index (χ3v) is 13.2. The van der Waals surface area contributed by atoms with E-state index in [0.29, 0.717) is 25.9 Å². The van der Waals surface area contributed by atoms with Crippen molar-refractivity contribution in [3.63, 3.8) is 0 Å². The number of carbonyl (C=O) groups is 2. The zero-order valence-corrected chi connectivity index (χ0v) is 43.0. The van der Waals surface area contributed by atoms with Gasteiger partial charge in [0.2, 0.25) is 5.91 Å². The van der Waals surface area contributed by atoms with Crippen LogP contribution in [0.1, 0.15) is 309 Å². The Morgan fingerprint density at radius 1 is 0.422 bits per heavy atom. The summed E-state index contributed by atoms with van der Waals surface area (Å²) < 4.78 is 5.45. The van der Waals surface area contributed by atoms with Crippen LogP contribution in [0, 0.1) is 0 Å². The van der Waals surface area contributed by atoms with Crippen LogP contribution in [-0.4, -0.2) is 47.4 Å². The summed E-state index contributed by atoms with van der Waals surface area (Å²) in [6.07, 6.45) is 64.8. The minimum absolute atomic E-state index is 0.00375. The van der Waals surface area contributed by atoms with Crippen LogP contribution in [0.3, 0.4) is 0 Å². The first-order chi connectivity index (χ1) is 31.5. The van der Waals surface area contributed by atoms with Crippen molar-refractivity contribution in [1.82, 2.24) is 5.32 Å². The van der Waals surface area contributed by atoms with Crippen molar-refractivity contribution in [1.29, 1.82) is 0 Å². The van der Waals surface area contributed by atoms with E-state index in [9.17, 15) is 19.8 Å². The molecule has 2 atom stereocenters. The molecule has 0 rings (SSSR count). The molecule has 0 aliphatic carbocycles. The Labute approximate surface area is 399 Å². The van der Waals surface area contributed by atoms with Crippen LogP contribution in [0.4, 0.5) is 0 Å². The number of amides is 1. The van der Waals surface area contributed by atoms with Crippen LogP contribution < -0.4 is 5.32 Å². The molecule has 3 N–H and O–H groups in total. The predicted molar refractivity (Wildman–Crippen MR) is 278 cm³/mol. The molecule has 0 aromatic carbocycles. The lowest BCUT2D eigenvalue weighted by molar-refractivity contribution is -0.143. The Bertz CT molecular complexity index is 997. The lowest BCUT2D eigenvalue weighted by Crippen LogP contribution is -2.45. The Morgan fingerprint density at radius 2 is 0.750 bits per heavy atom. The lowest BCUT2D eigenvalue weighted by atomic mass is 10.0. The molecule has 0 bridgehead atoms. The second kappa shape index (κ2) is 54.0. The minimum atomic E-state index is -0.662. The van der Waals surface area contributed by atoms with Gasteiger partial charge in [-0.25, -0.2) is 0 Å². The Morgan fingerprint density at radius 3 is 1.16 bits per heavy atom. The number of rotatable bonds is 53. The van der Waals surface area contributed by atoms with Gasteiger partial charge in [0.1, 0.15) is 0 Å². The van der Waals surface area contributed by atoms with Crippen molar-refractivity contribution in [3.05, 3.63) is 24.3 Å². The van der Waals surface area contributed by atoms with E-state index in [2.05, 4.69) is 43.5 Å². The number of hydrogen-bond acceptors (Lipinski definition) is 5. The van der Waals surface area contributed by atoms with Crippen LogP contribution in [0.5, 0.6) is 0 Å². The van der Waals surface area contributed by atoms with E-state index in [1.54, 1.807) is 0 Å². The zero-order chi connectivity index (χ0) is 46.5. The van der Waals surface area contributed by atoms with Gasteiger partial charge < -0.3 is 20.3 Å². The van der Waals surface area contributed by atoms with Gasteiger partial charge in [-0.1, -0.05) is 250 Å². The van der Waals surface area contributed by atoms with Gasteiger partial charge in [0.15, 0.2) is 0 Å². The molecule has 0 fully saturated rings. The molecule has 6 nitrogen and oxygen atoms in total. The Kier molecular flexibility index (Phi) is 52.6. The molecule has 0 heterocycles. The first kappa shape index (κ1) is 62.3. The number of nitrogens with one attached hydrogen (secondary N) is 1. The first-order valence-electron chi connectivity index (χ1n) is 28.6. The van der Waals surface area contributed by atoms with Gasteiger partial charge in [0.05, 0.1) is 25.4 Å². The number of hydrogen-bond donors (Lipinski definition) is 3. The first-order valence-corrected chi connectivity index (χ1v) is 28.6. The topological polar surface area (TPSA) is 95.9 Å². The maximum Gasteiger partial charge on any atom is 0.305 e. The fourth-order valence-corrected chi connectivity index (χ4v) is 8.79. The maximum atomic E-state index is 12.4. The molecule has 2 unspecified atom stereocenters. The van der Waals surface area contributed by atoms with Crippen LogP contribution in [0.2, 0.25) is 0 Å². The SMILES string of the molecule is CCCC/C=C\CCCCCCCC(=O)OCCCCCCCCCCCCCC/C=C\CCCCCCCCCCCCCC(=O)NC(CO)C(O)CCCCCCCCCCC. The standard InChI is InChI=1S/C58H111NO5/c1-3-5-7-9-11-13-31-36-40-44-48-52-58(63)64-53-49-45-41-37-33-30-28-26-24-22-20-18-16-14-15-17-19-21-23-25-27-29-32-35-39-43-47-51-57(62)59-55(54-60)56(61)50-46-42-38-34-12-10-8-6-4-2/h9,11,14-15,55-56,60-61H,3-8,10,12-13,16-54H2,1-2H3,(H,59,62)/b11-9-,15-14-. The fraction of sp³-hybridized carbons (Fsp3) is 0.897. The Balaban J connectivity index is 3.36. The van der Waals surface area contributed by atoms with Crippen LogP contribution in [0.25, 0.3) is 0 Å². The molecule has 1 amide bonds. The van der Waals surface area contributed by atoms with Gasteiger partial charge in [-0.05, 0) is 70.6 Å². The molecule has 0 aromatic heterocycles. The number of esters is 1. The molecular weight excluding hydrogens is 791 g/mol. The highest BCUT2D eigenvalue weighted by molar-refractivity contribution is 5.76. The quantitative estimate of drug-likeness (QED) is 0.0321. The molecule has 378 valence electrons. The molecule has 0 aliphatic rings. The van der Waals surface area contributed by atoms with Crippen molar-refractivity contribution >= 4 is 11.9 Å². The van der Waals surface area contributed by atoms with Gasteiger partial charge in [-0.15, -0.1) is 0 Å². The maximum absolute atomic E-state index is 12.4. The Hall–Kier alpha value is -1.66. The summed E-state index contributed by atoms with van der Waals surface area (Å²) in [5.41, 5.74) is 0. The van der Waals surface area contributed by atoms with Gasteiger partial charge >= 0.3 is 5.97 Å². The van der Waals surface area contributed by atoms with Gasteiger partial charge in [0, 0.05) is 12.8 Å². The van der Waals surface area contributed by atoms with E-state index in [0.717, 1.165) is 44.9 Å². The molecule has 0 spiro atoms. The second-order valence-electron chi connectivity index (χ2n) is 19.6. The molecule has 0 saturated heterocycles. The van der Waals surface area contributed by atoms with E-state index < -0.39 is 12.1 Å². The molecular formula is C58H111NO5. The van der Waals surface area contributed by atoms with E-state index in [4.69, 9.17) is 4.74 Å². The third-order valence-electron chi connectivity index (χ3n) is 13.2.